The second-order valence-electron chi connectivity index (χ2n) is 7.16. The first-order valence-electron chi connectivity index (χ1n) is 7.56. The maximum Gasteiger partial charge on any atom is 0.127 e. The molecule has 0 spiro atoms. The van der Waals surface area contributed by atoms with Crippen molar-refractivity contribution < 1.29 is 4.74 Å². The third-order valence-corrected chi connectivity index (χ3v) is 3.79. The first-order valence-corrected chi connectivity index (χ1v) is 7.56. The molecule has 2 aromatic rings. The van der Waals surface area contributed by atoms with Crippen LogP contribution in [0.1, 0.15) is 51.3 Å². The highest BCUT2D eigenvalue weighted by atomic mass is 16.5. The van der Waals surface area contributed by atoms with Gasteiger partial charge in [0.2, 0.25) is 0 Å². The lowest BCUT2D eigenvalue weighted by Gasteiger charge is -2.32. The molecule has 1 nitrogen and oxygen atoms in total. The first-order chi connectivity index (χ1) is 9.72. The predicted octanol–water partition coefficient (Wildman–Crippen LogP) is 5.50. The minimum atomic E-state index is -0.201. The maximum atomic E-state index is 6.27. The monoisotopic (exact) mass is 282 g/mol. The molecule has 0 fully saturated rings. The number of benzene rings is 2. The molecule has 0 aliphatic carbocycles. The van der Waals surface area contributed by atoms with Gasteiger partial charge < -0.3 is 4.74 Å². The Hall–Kier alpha value is -1.76. The van der Waals surface area contributed by atoms with Gasteiger partial charge in [-0.2, -0.15) is 0 Å². The maximum absolute atomic E-state index is 6.27. The van der Waals surface area contributed by atoms with Gasteiger partial charge in [-0.1, -0.05) is 62.4 Å². The van der Waals surface area contributed by atoms with Crippen LogP contribution in [0.3, 0.4) is 0 Å². The minimum absolute atomic E-state index is 0.0894. The Labute approximate surface area is 129 Å². The largest absolute Gasteiger partial charge is 0.488 e. The summed E-state index contributed by atoms with van der Waals surface area (Å²) in [4.78, 5) is 0. The van der Waals surface area contributed by atoms with Crippen LogP contribution < -0.4 is 4.74 Å². The van der Waals surface area contributed by atoms with Crippen LogP contribution in [-0.2, 0) is 5.41 Å². The fourth-order valence-corrected chi connectivity index (χ4v) is 2.60. The Balaban J connectivity index is 2.56. The zero-order chi connectivity index (χ0) is 15.7. The minimum Gasteiger partial charge on any atom is -0.488 e. The third-order valence-electron chi connectivity index (χ3n) is 3.79. The van der Waals surface area contributed by atoms with Crippen molar-refractivity contribution in [3.05, 3.63) is 65.2 Å². The lowest BCUT2D eigenvalue weighted by atomic mass is 9.77. The van der Waals surface area contributed by atoms with E-state index in [0.29, 0.717) is 0 Å². The molecule has 0 radical (unpaired) electrons. The molecule has 2 rings (SSSR count). The summed E-state index contributed by atoms with van der Waals surface area (Å²) >= 11 is 0. The average molecular weight is 282 g/mol. The molecule has 0 amide bonds. The van der Waals surface area contributed by atoms with Gasteiger partial charge >= 0.3 is 0 Å². The van der Waals surface area contributed by atoms with E-state index in [-0.39, 0.29) is 11.0 Å². The summed E-state index contributed by atoms with van der Waals surface area (Å²) in [5.74, 6) is 1.01. The predicted molar refractivity (Wildman–Crippen MR) is 90.1 cm³/mol. The van der Waals surface area contributed by atoms with Crippen LogP contribution in [0.5, 0.6) is 5.75 Å². The van der Waals surface area contributed by atoms with Crippen LogP contribution in [0, 0.1) is 6.92 Å². The molecule has 21 heavy (non-hydrogen) atoms. The Kier molecular flexibility index (Phi) is 4.13. The first kappa shape index (κ1) is 15.6. The van der Waals surface area contributed by atoms with Gasteiger partial charge in [0, 0.05) is 11.0 Å². The van der Waals surface area contributed by atoms with E-state index in [1.807, 2.05) is 0 Å². The summed E-state index contributed by atoms with van der Waals surface area (Å²) in [6, 6.07) is 17.0. The smallest absolute Gasteiger partial charge is 0.127 e. The summed E-state index contributed by atoms with van der Waals surface area (Å²) < 4.78 is 6.27. The molecule has 0 bridgehead atoms. The molecule has 0 aliphatic rings. The van der Waals surface area contributed by atoms with Crippen molar-refractivity contribution in [2.75, 3.05) is 0 Å². The highest BCUT2D eigenvalue weighted by Crippen LogP contribution is 2.40. The molecule has 0 saturated heterocycles. The van der Waals surface area contributed by atoms with Gasteiger partial charge in [0.05, 0.1) is 0 Å². The van der Waals surface area contributed by atoms with E-state index in [2.05, 4.69) is 90.1 Å². The number of rotatable bonds is 3. The van der Waals surface area contributed by atoms with Gasteiger partial charge in [0.25, 0.3) is 0 Å². The van der Waals surface area contributed by atoms with Crippen LogP contribution in [0.2, 0.25) is 0 Å². The summed E-state index contributed by atoms with van der Waals surface area (Å²) in [5.41, 5.74) is 3.44. The van der Waals surface area contributed by atoms with Crippen molar-refractivity contribution >= 4 is 0 Å². The number of para-hydroxylation sites is 1. The molecule has 0 atom stereocenters. The van der Waals surface area contributed by atoms with Gasteiger partial charge in [0.15, 0.2) is 0 Å². The Bertz CT molecular complexity index is 603. The highest BCUT2D eigenvalue weighted by Gasteiger charge is 2.28. The normalized spacial score (nSPS) is 12.3. The lowest BCUT2D eigenvalue weighted by molar-refractivity contribution is 0.127. The molecule has 0 unspecified atom stereocenters. The van der Waals surface area contributed by atoms with Gasteiger partial charge in [0.1, 0.15) is 11.4 Å². The van der Waals surface area contributed by atoms with Crippen molar-refractivity contribution in [3.8, 4) is 5.75 Å². The standard InChI is InChI=1S/C20H26O/c1-15-11-10-14-17(18(15)21-19(2,3)4)20(5,6)16-12-8-7-9-13-16/h7-14H,1-6H3. The Morgan fingerprint density at radius 1 is 0.762 bits per heavy atom. The molecular weight excluding hydrogens is 256 g/mol. The van der Waals surface area contributed by atoms with Crippen molar-refractivity contribution in [1.29, 1.82) is 0 Å². The second kappa shape index (κ2) is 5.55. The summed E-state index contributed by atoms with van der Waals surface area (Å²) in [7, 11) is 0. The van der Waals surface area contributed by atoms with Crippen molar-refractivity contribution in [1.82, 2.24) is 0 Å². The molecular formula is C20H26O. The van der Waals surface area contributed by atoms with E-state index in [0.717, 1.165) is 5.75 Å². The fraction of sp³-hybridized carbons (Fsp3) is 0.400. The van der Waals surface area contributed by atoms with Crippen LogP contribution in [0.4, 0.5) is 0 Å². The van der Waals surface area contributed by atoms with Gasteiger partial charge in [-0.25, -0.2) is 0 Å². The van der Waals surface area contributed by atoms with E-state index in [9.17, 15) is 0 Å². The second-order valence-corrected chi connectivity index (χ2v) is 7.16. The van der Waals surface area contributed by atoms with Crippen LogP contribution >= 0.6 is 0 Å². The number of hydrogen-bond donors (Lipinski definition) is 0. The van der Waals surface area contributed by atoms with E-state index in [4.69, 9.17) is 4.74 Å². The zero-order valence-corrected chi connectivity index (χ0v) is 14.0. The molecule has 1 heteroatoms. The molecule has 0 aromatic heterocycles. The van der Waals surface area contributed by atoms with E-state index < -0.39 is 0 Å². The summed E-state index contributed by atoms with van der Waals surface area (Å²) in [5, 5.41) is 0. The highest BCUT2D eigenvalue weighted by molar-refractivity contribution is 5.49. The average Bonchev–Trinajstić information content (AvgIpc) is 2.40. The Morgan fingerprint density at radius 3 is 1.95 bits per heavy atom. The molecule has 0 heterocycles. The molecule has 0 aliphatic heterocycles. The van der Waals surface area contributed by atoms with Crippen LogP contribution in [0.15, 0.2) is 48.5 Å². The molecule has 0 N–H and O–H groups in total. The zero-order valence-electron chi connectivity index (χ0n) is 14.0. The van der Waals surface area contributed by atoms with E-state index >= 15 is 0 Å². The van der Waals surface area contributed by atoms with Gasteiger partial charge in [-0.05, 0) is 38.8 Å². The lowest BCUT2D eigenvalue weighted by Crippen LogP contribution is -2.27. The van der Waals surface area contributed by atoms with Crippen molar-refractivity contribution in [3.63, 3.8) is 0 Å². The van der Waals surface area contributed by atoms with E-state index in [1.54, 1.807) is 0 Å². The van der Waals surface area contributed by atoms with E-state index in [1.165, 1.54) is 16.7 Å². The number of ether oxygens (including phenoxy) is 1. The summed E-state index contributed by atoms with van der Waals surface area (Å²) in [6.07, 6.45) is 0. The van der Waals surface area contributed by atoms with Gasteiger partial charge in [-0.3, -0.25) is 0 Å². The topological polar surface area (TPSA) is 9.23 Å². The molecule has 0 saturated carbocycles. The molecule has 112 valence electrons. The SMILES string of the molecule is Cc1cccc(C(C)(C)c2ccccc2)c1OC(C)(C)C. The third kappa shape index (κ3) is 3.47. The van der Waals surface area contributed by atoms with Crippen molar-refractivity contribution in [2.45, 2.75) is 52.6 Å². The number of aryl methyl sites for hydroxylation is 1. The Morgan fingerprint density at radius 2 is 1.38 bits per heavy atom. The summed E-state index contributed by atoms with van der Waals surface area (Å²) in [6.45, 7) is 12.9. The number of hydrogen-bond acceptors (Lipinski definition) is 1. The quantitative estimate of drug-likeness (QED) is 0.722. The van der Waals surface area contributed by atoms with Crippen LogP contribution in [-0.4, -0.2) is 5.60 Å². The molecule has 2 aromatic carbocycles. The van der Waals surface area contributed by atoms with Crippen LogP contribution in [0.25, 0.3) is 0 Å². The fourth-order valence-electron chi connectivity index (χ4n) is 2.60. The van der Waals surface area contributed by atoms with Gasteiger partial charge in [-0.15, -0.1) is 0 Å². The van der Waals surface area contributed by atoms with Crippen molar-refractivity contribution in [2.24, 2.45) is 0 Å².